The summed E-state index contributed by atoms with van der Waals surface area (Å²) in [4.78, 5) is 66.4. The van der Waals surface area contributed by atoms with Crippen LogP contribution >= 0.6 is 0 Å². The molecule has 8 aliphatic heterocycles. The first kappa shape index (κ1) is 90.3. The number of hydrogen-bond acceptors (Lipinski definition) is 44. The molecule has 0 spiro atoms. The number of carbonyl (C=O) groups is 5. The molecule has 0 aliphatic carbocycles. The van der Waals surface area contributed by atoms with Crippen molar-refractivity contribution in [2.24, 2.45) is 0 Å². The second-order valence-electron chi connectivity index (χ2n) is 27.4. The lowest BCUT2D eigenvalue weighted by Gasteiger charge is -2.53. The highest BCUT2D eigenvalue weighted by atomic mass is 16.8. The number of hydrogen-bond donors (Lipinski definition) is 29. The second kappa shape index (κ2) is 38.0. The summed E-state index contributed by atoms with van der Waals surface area (Å²) in [5, 5.41) is 295. The molecule has 29 N–H and O–H groups in total. The first-order valence-electron chi connectivity index (χ1n) is 34.3. The number of ether oxygens (including phenoxy) is 15. The van der Waals surface area contributed by atoms with E-state index in [0.717, 1.165) is 20.8 Å². The number of aliphatic hydroxyl groups is 24. The van der Waals surface area contributed by atoms with Gasteiger partial charge in [-0.2, -0.15) is 0 Å². The summed E-state index contributed by atoms with van der Waals surface area (Å²) >= 11 is 0. The molecule has 8 aliphatic rings. The maximum Gasteiger partial charge on any atom is 0.364 e. The SMILES string of the molecule is CC(=O)N[C@H]1[C@H](O[C@@H]2[C@H](O[C@]3(C(=O)O)C[C@H](O)[C@@H](NC(C)=O)[C@H]([C@H](O)[C@@H](CO)O[C@]4(C(=O)O)C[C@H](O)[C@@H](NC(C)=O)[C@H]([C@H](O)[C@H](O)CO)O4)O3)[C@@H](O)[C@H](O[C@H]3[C@H](O)[C@@H](O)C(O)O[C@@H]3CO)O[C@@H]2CO)O[C@H](CO)[C@H](O)[C@@H]1O[C@@H]1O[C@H](CO)[C@H](O)[C@H](O[C@H]2O[C@H](CO)[C@H](O)[C@H](O)[C@H]2O)[C@H]1O[C@@H]1O[C@@H](C)[C@@H](O)[C@@H](O)[C@@H]1O. The van der Waals surface area contributed by atoms with Crippen molar-refractivity contribution in [3.05, 3.63) is 0 Å². The lowest BCUT2D eigenvalue weighted by Crippen LogP contribution is -2.73. The van der Waals surface area contributed by atoms with Crippen molar-refractivity contribution >= 4 is 29.7 Å². The topological polar surface area (TPSA) is 786 Å². The fourth-order valence-electron chi connectivity index (χ4n) is 14.0. The molecule has 630 valence electrons. The van der Waals surface area contributed by atoms with Gasteiger partial charge < -0.3 is 220 Å². The molecular weight excluding hydrogens is 1500 g/mol. The normalized spacial score (nSPS) is 46.9. The van der Waals surface area contributed by atoms with Gasteiger partial charge in [-0.15, -0.1) is 0 Å². The molecule has 8 fully saturated rings. The van der Waals surface area contributed by atoms with Crippen LogP contribution in [0.25, 0.3) is 0 Å². The van der Waals surface area contributed by atoms with Crippen molar-refractivity contribution in [1.82, 2.24) is 16.0 Å². The molecule has 109 heavy (non-hydrogen) atoms. The van der Waals surface area contributed by atoms with Crippen LogP contribution in [-0.4, -0.2) is 465 Å². The number of carboxylic acids is 2. The summed E-state index contributed by atoms with van der Waals surface area (Å²) in [7, 11) is 0. The van der Waals surface area contributed by atoms with Crippen LogP contribution in [0.2, 0.25) is 0 Å². The van der Waals surface area contributed by atoms with Crippen molar-refractivity contribution in [2.75, 3.05) is 46.2 Å². The van der Waals surface area contributed by atoms with Gasteiger partial charge in [0, 0.05) is 33.6 Å². The molecule has 0 radical (unpaired) electrons. The van der Waals surface area contributed by atoms with Gasteiger partial charge in [0.05, 0.1) is 76.6 Å². The highest BCUT2D eigenvalue weighted by Gasteiger charge is 2.65. The summed E-state index contributed by atoms with van der Waals surface area (Å²) in [5.41, 5.74) is 0. The van der Waals surface area contributed by atoms with Crippen LogP contribution in [0.3, 0.4) is 0 Å². The van der Waals surface area contributed by atoms with Crippen molar-refractivity contribution < 1.29 is 228 Å². The Kier molecular flexibility index (Phi) is 31.5. The van der Waals surface area contributed by atoms with Crippen LogP contribution in [0.1, 0.15) is 40.5 Å². The monoisotopic (exact) mass is 1600 g/mol. The zero-order valence-corrected chi connectivity index (χ0v) is 58.3. The highest BCUT2D eigenvalue weighted by Crippen LogP contribution is 2.44. The van der Waals surface area contributed by atoms with E-state index in [1.54, 1.807) is 0 Å². The minimum atomic E-state index is -3.75. The molecule has 0 aromatic heterocycles. The molecular formula is C60H99N3O46. The van der Waals surface area contributed by atoms with Crippen LogP contribution in [0.4, 0.5) is 0 Å². The van der Waals surface area contributed by atoms with Gasteiger partial charge in [-0.05, 0) is 6.92 Å². The summed E-state index contributed by atoms with van der Waals surface area (Å²) in [5.74, 6) is -15.0. The summed E-state index contributed by atoms with van der Waals surface area (Å²) < 4.78 is 88.6. The van der Waals surface area contributed by atoms with Gasteiger partial charge in [0.2, 0.25) is 17.7 Å². The first-order chi connectivity index (χ1) is 51.2. The number of carbonyl (C=O) groups excluding carboxylic acids is 3. The van der Waals surface area contributed by atoms with Gasteiger partial charge in [0.25, 0.3) is 11.6 Å². The Morgan fingerprint density at radius 1 is 0.394 bits per heavy atom. The third-order valence-electron chi connectivity index (χ3n) is 19.8. The van der Waals surface area contributed by atoms with Crippen LogP contribution in [0.5, 0.6) is 0 Å². The Balaban J connectivity index is 1.23. The maximum atomic E-state index is 14.3. The Morgan fingerprint density at radius 3 is 1.33 bits per heavy atom. The average molecular weight is 1600 g/mol. The Hall–Kier alpha value is -4.21. The van der Waals surface area contributed by atoms with E-state index in [4.69, 9.17) is 71.1 Å². The van der Waals surface area contributed by atoms with Gasteiger partial charge in [0.1, 0.15) is 177 Å². The Morgan fingerprint density at radius 2 is 0.807 bits per heavy atom. The number of aliphatic carboxylic acids is 2. The van der Waals surface area contributed by atoms with Crippen molar-refractivity contribution in [2.45, 2.75) is 297 Å². The first-order valence-corrected chi connectivity index (χ1v) is 34.3. The molecule has 0 aromatic carbocycles. The maximum absolute atomic E-state index is 14.3. The summed E-state index contributed by atoms with van der Waals surface area (Å²) in [6.45, 7) is -5.31. The van der Waals surface area contributed by atoms with E-state index in [1.807, 2.05) is 0 Å². The number of amides is 3. The van der Waals surface area contributed by atoms with E-state index in [0.29, 0.717) is 0 Å². The number of aliphatic hydroxyl groups excluding tert-OH is 24. The van der Waals surface area contributed by atoms with E-state index in [9.17, 15) is 157 Å². The molecule has 49 nitrogen and oxygen atoms in total. The lowest BCUT2D eigenvalue weighted by atomic mass is 9.87. The highest BCUT2D eigenvalue weighted by molar-refractivity contribution is 5.77. The Bertz CT molecular complexity index is 2960. The quantitative estimate of drug-likeness (QED) is 0.0318. The van der Waals surface area contributed by atoms with Crippen LogP contribution in [0.15, 0.2) is 0 Å². The van der Waals surface area contributed by atoms with Crippen LogP contribution in [-0.2, 0) is 95.0 Å². The fraction of sp³-hybridized carbons (Fsp3) is 0.917. The van der Waals surface area contributed by atoms with Gasteiger partial charge in [0.15, 0.2) is 37.7 Å². The zero-order valence-electron chi connectivity index (χ0n) is 58.3. The predicted molar refractivity (Wildman–Crippen MR) is 332 cm³/mol. The van der Waals surface area contributed by atoms with E-state index in [2.05, 4.69) is 16.0 Å². The lowest BCUT2D eigenvalue weighted by molar-refractivity contribution is -0.410. The van der Waals surface area contributed by atoms with Crippen molar-refractivity contribution in [1.29, 1.82) is 0 Å². The zero-order chi connectivity index (χ0) is 81.1. The van der Waals surface area contributed by atoms with Crippen LogP contribution < -0.4 is 16.0 Å². The fourth-order valence-corrected chi connectivity index (χ4v) is 14.0. The van der Waals surface area contributed by atoms with E-state index >= 15 is 0 Å². The third-order valence-corrected chi connectivity index (χ3v) is 19.8. The molecule has 0 saturated carbocycles. The molecule has 42 atom stereocenters. The van der Waals surface area contributed by atoms with Gasteiger partial charge in [-0.3, -0.25) is 14.4 Å². The third kappa shape index (κ3) is 19.3. The van der Waals surface area contributed by atoms with Crippen molar-refractivity contribution in [3.8, 4) is 0 Å². The molecule has 0 aromatic rings. The number of carboxylic acid groups (broad SMARTS) is 2. The summed E-state index contributed by atoms with van der Waals surface area (Å²) in [6, 6.07) is -6.21. The minimum Gasteiger partial charge on any atom is -0.477 e. The van der Waals surface area contributed by atoms with E-state index in [-0.39, 0.29) is 0 Å². The Labute approximate surface area is 615 Å². The molecule has 8 heterocycles. The predicted octanol–water partition coefficient (Wildman–Crippen LogP) is -18.6. The molecule has 3 amide bonds. The van der Waals surface area contributed by atoms with E-state index in [1.165, 1.54) is 6.92 Å². The van der Waals surface area contributed by atoms with Crippen LogP contribution in [0, 0.1) is 0 Å². The molecule has 0 bridgehead atoms. The molecule has 1 unspecified atom stereocenters. The van der Waals surface area contributed by atoms with Gasteiger partial charge in [-0.1, -0.05) is 0 Å². The smallest absolute Gasteiger partial charge is 0.364 e. The van der Waals surface area contributed by atoms with Crippen molar-refractivity contribution in [3.63, 3.8) is 0 Å². The molecule has 8 saturated heterocycles. The standard InChI is InChI=1S/C60H99N3O46/c1-14-30(77)36(83)40(87)53(95-14)105-50-48(104-54-41(88)37(84)32(79)21(8-65)98-54)34(81)23(10-67)99-56(50)103-45-29(63-17(4)73)52(97-22(9-66)33(45)80)102-44-26(13-70)100-55(101-43-25(12-69)96-51(90)39(86)38(43)85)42(89)49(44)109-60(58(93)94)6-19(75)28(62-16(3)72)47(108-60)35(82)24(11-68)106-59(57(91)92)5-18(74)27(61-15(2)71)46(107-59)31(78)20(76)7-64/h14,18-56,64-70,74-90H,5-13H2,1-4H3,(H,61,71)(H,62,72)(H,63,73)(H,91,92)(H,93,94)/t14-,18-,19-,20+,21+,22+,23+,24+,25+,26+,27+,28+,29+,30+,31+,32-,33-,34-,35+,36+,37-,38+,39+,40-,41+,42+,43+,44-,45+,46+,47+,48-,49+,50+,51?,52-,53-,54+,55-,56-,59+,60-/m0/s1. The number of nitrogens with one attached hydrogen (secondary N) is 3. The van der Waals surface area contributed by atoms with Gasteiger partial charge >= 0.3 is 11.9 Å². The minimum absolute atomic E-state index is 0.822. The largest absolute Gasteiger partial charge is 0.477 e. The summed E-state index contributed by atoms with van der Waals surface area (Å²) in [6.07, 6.45) is -86.7. The average Bonchev–Trinajstić information content (AvgIpc) is 0.750. The second-order valence-corrected chi connectivity index (χ2v) is 27.4. The molecule has 49 heteroatoms. The van der Waals surface area contributed by atoms with Gasteiger partial charge in [-0.25, -0.2) is 9.59 Å². The van der Waals surface area contributed by atoms with E-state index < -0.39 is 345 Å². The number of rotatable bonds is 30. The molecule has 8 rings (SSSR count).